The van der Waals surface area contributed by atoms with Gasteiger partial charge in [-0.25, -0.2) is 0 Å². The molecule has 0 fully saturated rings. The van der Waals surface area contributed by atoms with Crippen molar-refractivity contribution in [3.63, 3.8) is 0 Å². The normalized spacial score (nSPS) is 0. The van der Waals surface area contributed by atoms with E-state index < -0.39 is 0 Å². The van der Waals surface area contributed by atoms with Crippen molar-refractivity contribution in [1.29, 1.82) is 0 Å². The van der Waals surface area contributed by atoms with Gasteiger partial charge in [0.2, 0.25) is 0 Å². The maximum atomic E-state index is 0. The SMILES string of the molecule is F.O.[AlH3].[Hf]. The Hall–Kier alpha value is 1.29. The first-order valence-electron chi connectivity index (χ1n) is 0. The van der Waals surface area contributed by atoms with Gasteiger partial charge in [0.25, 0.3) is 0 Å². The maximum absolute atomic E-state index is 0. The van der Waals surface area contributed by atoms with Crippen molar-refractivity contribution in [3.8, 4) is 0 Å². The van der Waals surface area contributed by atoms with Crippen molar-refractivity contribution in [2.24, 2.45) is 0 Å². The van der Waals surface area contributed by atoms with Crippen LogP contribution >= 0.6 is 0 Å². The van der Waals surface area contributed by atoms with E-state index in [9.17, 15) is 0 Å². The molecule has 4 heteroatoms. The maximum Gasteiger partial charge on any atom is 0.187 e. The van der Waals surface area contributed by atoms with Crippen molar-refractivity contribution >= 4 is 17.4 Å². The molecule has 0 aliphatic heterocycles. The minimum absolute atomic E-state index is 0. The minimum atomic E-state index is 0. The summed E-state index contributed by atoms with van der Waals surface area (Å²) in [6.45, 7) is 0. The third kappa shape index (κ3) is 10.4. The van der Waals surface area contributed by atoms with Gasteiger partial charge in [-0.3, -0.25) is 4.70 Å². The molecule has 0 aromatic carbocycles. The largest absolute Gasteiger partial charge is 0.412 e. The summed E-state index contributed by atoms with van der Waals surface area (Å²) < 4.78 is 0. The fourth-order valence-corrected chi connectivity index (χ4v) is 0. The zero-order chi connectivity index (χ0) is 0. The van der Waals surface area contributed by atoms with Gasteiger partial charge >= 0.3 is 0 Å². The molecular formula is H6AlFHfO. The Balaban J connectivity index is 0. The zero-order valence-electron chi connectivity index (χ0n) is 1.41. The van der Waals surface area contributed by atoms with E-state index in [0.29, 0.717) is 0 Å². The Morgan fingerprint density at radius 3 is 1.00 bits per heavy atom. The predicted molar refractivity (Wildman–Crippen MR) is 16.1 cm³/mol. The van der Waals surface area contributed by atoms with Crippen molar-refractivity contribution < 1.29 is 36.0 Å². The first kappa shape index (κ1) is 58.4. The smallest absolute Gasteiger partial charge is 0.187 e. The average Bonchev–Trinajstić information content (AvgIpc) is 0. The van der Waals surface area contributed by atoms with Crippen LogP contribution in [0.2, 0.25) is 0 Å². The van der Waals surface area contributed by atoms with Gasteiger partial charge < -0.3 is 5.48 Å². The van der Waals surface area contributed by atoms with Crippen LogP contribution in [0.3, 0.4) is 0 Å². The number of hydrogen-bond acceptors (Lipinski definition) is 0. The van der Waals surface area contributed by atoms with Crippen LogP contribution in [-0.4, -0.2) is 22.8 Å². The van der Waals surface area contributed by atoms with Gasteiger partial charge in [-0.05, 0) is 0 Å². The van der Waals surface area contributed by atoms with Crippen molar-refractivity contribution in [1.82, 2.24) is 0 Å². The monoisotopic (exact) mass is 248 g/mol. The van der Waals surface area contributed by atoms with Gasteiger partial charge in [-0.1, -0.05) is 0 Å². The molecule has 0 aromatic heterocycles. The summed E-state index contributed by atoms with van der Waals surface area (Å²) in [7, 11) is 0. The summed E-state index contributed by atoms with van der Waals surface area (Å²) in [5, 5.41) is 0. The Bertz CT molecular complexity index is 8.00. The van der Waals surface area contributed by atoms with Crippen LogP contribution in [0.1, 0.15) is 0 Å². The third-order valence-corrected chi connectivity index (χ3v) is 0. The van der Waals surface area contributed by atoms with Crippen molar-refractivity contribution in [2.75, 3.05) is 0 Å². The Morgan fingerprint density at radius 2 is 1.00 bits per heavy atom. The molecule has 0 unspecified atom stereocenters. The Kier molecular flexibility index (Phi) is 406. The summed E-state index contributed by atoms with van der Waals surface area (Å²) in [5.41, 5.74) is 0. The first-order chi connectivity index (χ1) is 0. The van der Waals surface area contributed by atoms with Gasteiger partial charge in [0.15, 0.2) is 17.4 Å². The number of rotatable bonds is 0. The molecule has 0 spiro atoms. The van der Waals surface area contributed by atoms with E-state index in [1.807, 2.05) is 0 Å². The molecule has 4 heavy (non-hydrogen) atoms. The standard InChI is InChI=1S/Al.FH.Hf.H2O.3H/h;1H;;1H2;;;. The van der Waals surface area contributed by atoms with Crippen molar-refractivity contribution in [2.45, 2.75) is 0 Å². The molecule has 1 nitrogen and oxygen atoms in total. The second-order valence-corrected chi connectivity index (χ2v) is 0. The Labute approximate surface area is 53.4 Å². The van der Waals surface area contributed by atoms with Crippen LogP contribution in [0.15, 0.2) is 0 Å². The fraction of sp³-hybridized carbons (Fsp3) is 0. The molecule has 0 amide bonds. The summed E-state index contributed by atoms with van der Waals surface area (Å²) in [6, 6.07) is 0. The number of halogens is 1. The minimum Gasteiger partial charge on any atom is -0.412 e. The second kappa shape index (κ2) is 27.9. The van der Waals surface area contributed by atoms with Gasteiger partial charge in [-0.15, -0.1) is 0 Å². The van der Waals surface area contributed by atoms with E-state index in [1.165, 1.54) is 0 Å². The molecule has 2 N–H and O–H groups in total. The van der Waals surface area contributed by atoms with Gasteiger partial charge in [0.1, 0.15) is 0 Å². The number of hydrogen-bond donors (Lipinski definition) is 0. The van der Waals surface area contributed by atoms with Crippen LogP contribution in [0.5, 0.6) is 0 Å². The third-order valence-electron chi connectivity index (χ3n) is 0. The van der Waals surface area contributed by atoms with E-state index in [4.69, 9.17) is 0 Å². The molecule has 0 aliphatic carbocycles. The van der Waals surface area contributed by atoms with Gasteiger partial charge in [0.05, 0.1) is 0 Å². The summed E-state index contributed by atoms with van der Waals surface area (Å²) in [4.78, 5) is 0. The van der Waals surface area contributed by atoms with E-state index >= 15 is 0 Å². The predicted octanol–water partition coefficient (Wildman–Crippen LogP) is -1.86. The van der Waals surface area contributed by atoms with E-state index in [2.05, 4.69) is 0 Å². The molecule has 0 atom stereocenters. The van der Waals surface area contributed by atoms with Crippen LogP contribution in [-0.2, 0) is 25.8 Å². The molecular weight excluding hydrogens is 240 g/mol. The second-order valence-electron chi connectivity index (χ2n) is 0. The molecule has 0 saturated carbocycles. The fourth-order valence-electron chi connectivity index (χ4n) is 0. The van der Waals surface area contributed by atoms with Crippen LogP contribution in [0.25, 0.3) is 0 Å². The average molecular weight is 247 g/mol. The molecule has 0 heterocycles. The first-order valence-corrected chi connectivity index (χ1v) is 0. The van der Waals surface area contributed by atoms with Crippen LogP contribution < -0.4 is 0 Å². The molecule has 0 aliphatic rings. The molecule has 26 valence electrons. The van der Waals surface area contributed by atoms with Gasteiger partial charge in [0, 0.05) is 25.8 Å². The molecule has 0 radical (unpaired) electrons. The summed E-state index contributed by atoms with van der Waals surface area (Å²) in [5.74, 6) is 0. The molecule has 0 saturated heterocycles. The topological polar surface area (TPSA) is 31.5 Å². The van der Waals surface area contributed by atoms with Gasteiger partial charge in [-0.2, -0.15) is 0 Å². The quantitative estimate of drug-likeness (QED) is 0.449. The van der Waals surface area contributed by atoms with E-state index in [0.717, 1.165) is 0 Å². The molecule has 0 bridgehead atoms. The molecule has 0 rings (SSSR count). The molecule has 0 aromatic rings. The van der Waals surface area contributed by atoms with E-state index in [-0.39, 0.29) is 53.4 Å². The van der Waals surface area contributed by atoms with Crippen molar-refractivity contribution in [3.05, 3.63) is 0 Å². The van der Waals surface area contributed by atoms with E-state index in [1.54, 1.807) is 0 Å². The Morgan fingerprint density at radius 1 is 1.00 bits per heavy atom. The summed E-state index contributed by atoms with van der Waals surface area (Å²) in [6.07, 6.45) is 0. The van der Waals surface area contributed by atoms with Crippen LogP contribution in [0.4, 0.5) is 4.70 Å². The zero-order valence-corrected chi connectivity index (χ0v) is 5.00. The van der Waals surface area contributed by atoms with Crippen LogP contribution in [0, 0.1) is 0 Å². The summed E-state index contributed by atoms with van der Waals surface area (Å²) >= 11 is 0.